The number of hydrogen-bond acceptors (Lipinski definition) is 4. The Morgan fingerprint density at radius 1 is 1.19 bits per heavy atom. The zero-order chi connectivity index (χ0) is 19.2. The first kappa shape index (κ1) is 20.4. The molecule has 4 nitrogen and oxygen atoms in total. The van der Waals surface area contributed by atoms with Crippen molar-refractivity contribution in [3.8, 4) is 22.6 Å². The summed E-state index contributed by atoms with van der Waals surface area (Å²) in [5.74, 6) is 0.794. The molecule has 1 unspecified atom stereocenters. The maximum atomic E-state index is 10.0. The van der Waals surface area contributed by atoms with Crippen molar-refractivity contribution in [3.05, 3.63) is 63.7 Å². The third-order valence-corrected chi connectivity index (χ3v) is 5.45. The molecule has 1 aromatic heterocycles. The number of benzene rings is 2. The summed E-state index contributed by atoms with van der Waals surface area (Å²) >= 11 is 13.8. The number of aryl methyl sites for hydroxylation is 1. The predicted octanol–water partition coefficient (Wildman–Crippen LogP) is 5.28. The van der Waals surface area contributed by atoms with Crippen molar-refractivity contribution >= 4 is 40.3 Å². The average Bonchev–Trinajstić information content (AvgIpc) is 3.16. The topological polar surface area (TPSA) is 60.9 Å². The molecular formula is C20H21BrClN3OS. The second kappa shape index (κ2) is 9.75. The summed E-state index contributed by atoms with van der Waals surface area (Å²) in [5.41, 5.74) is 4.00. The largest absolute Gasteiger partial charge is 0.393 e. The van der Waals surface area contributed by atoms with Crippen molar-refractivity contribution in [3.63, 3.8) is 0 Å². The summed E-state index contributed by atoms with van der Waals surface area (Å²) in [7, 11) is 0. The molecule has 3 rings (SSSR count). The standard InChI is InChI=1S/C20H21BrClN3OS/c21-16-3-1-2-14(11-16)19-12-23-20(25-19)15-5-7-18(22)13(10-15)4-6-17(26)8-9-24-27/h1-3,5,7,10-12,17,24,26-27H,4,6,8-9H2,(H,23,25). The fraction of sp³-hybridized carbons (Fsp3) is 0.250. The first-order valence-corrected chi connectivity index (χ1v) is 10.3. The van der Waals surface area contributed by atoms with Gasteiger partial charge in [0.1, 0.15) is 5.82 Å². The van der Waals surface area contributed by atoms with Gasteiger partial charge in [0.15, 0.2) is 0 Å². The van der Waals surface area contributed by atoms with Crippen LogP contribution in [0.1, 0.15) is 18.4 Å². The summed E-state index contributed by atoms with van der Waals surface area (Å²) < 4.78 is 3.78. The molecule has 0 aliphatic heterocycles. The van der Waals surface area contributed by atoms with Crippen LogP contribution < -0.4 is 4.72 Å². The SMILES string of the molecule is OC(CCNS)CCc1cc(-c2ncc(-c3cccc(Br)c3)[nH]2)ccc1Cl. The van der Waals surface area contributed by atoms with Crippen LogP contribution in [0, 0.1) is 0 Å². The zero-order valence-electron chi connectivity index (χ0n) is 14.6. The van der Waals surface area contributed by atoms with E-state index in [0.29, 0.717) is 30.8 Å². The Morgan fingerprint density at radius 2 is 2.04 bits per heavy atom. The van der Waals surface area contributed by atoms with E-state index in [-0.39, 0.29) is 6.10 Å². The van der Waals surface area contributed by atoms with Crippen LogP contribution in [-0.4, -0.2) is 27.7 Å². The molecule has 1 atom stereocenters. The smallest absolute Gasteiger partial charge is 0.137 e. The summed E-state index contributed by atoms with van der Waals surface area (Å²) in [4.78, 5) is 7.89. The molecule has 0 aliphatic carbocycles. The van der Waals surface area contributed by atoms with Gasteiger partial charge in [-0.1, -0.05) is 52.5 Å². The van der Waals surface area contributed by atoms with Gasteiger partial charge in [-0.2, -0.15) is 0 Å². The highest BCUT2D eigenvalue weighted by atomic mass is 79.9. The third-order valence-electron chi connectivity index (χ3n) is 4.37. The van der Waals surface area contributed by atoms with Crippen LogP contribution in [-0.2, 0) is 6.42 Å². The molecule has 3 N–H and O–H groups in total. The van der Waals surface area contributed by atoms with E-state index in [2.05, 4.69) is 43.4 Å². The van der Waals surface area contributed by atoms with E-state index in [1.54, 1.807) is 0 Å². The fourth-order valence-corrected chi connectivity index (χ4v) is 3.62. The maximum absolute atomic E-state index is 10.0. The third kappa shape index (κ3) is 5.59. The number of nitrogens with zero attached hydrogens (tertiary/aromatic N) is 1. The normalized spacial score (nSPS) is 12.3. The maximum Gasteiger partial charge on any atom is 0.137 e. The summed E-state index contributed by atoms with van der Waals surface area (Å²) in [6.45, 7) is 0.669. The van der Waals surface area contributed by atoms with E-state index in [4.69, 9.17) is 11.6 Å². The molecule has 0 radical (unpaired) electrons. The van der Waals surface area contributed by atoms with Crippen molar-refractivity contribution in [2.75, 3.05) is 6.54 Å². The van der Waals surface area contributed by atoms with E-state index in [9.17, 15) is 5.11 Å². The van der Waals surface area contributed by atoms with Gasteiger partial charge in [-0.3, -0.25) is 4.72 Å². The Kier molecular flexibility index (Phi) is 7.38. The lowest BCUT2D eigenvalue weighted by molar-refractivity contribution is 0.156. The van der Waals surface area contributed by atoms with Crippen LogP contribution in [0.4, 0.5) is 0 Å². The summed E-state index contributed by atoms with van der Waals surface area (Å²) in [6, 6.07) is 13.9. The van der Waals surface area contributed by atoms with E-state index >= 15 is 0 Å². The van der Waals surface area contributed by atoms with E-state index in [0.717, 1.165) is 32.7 Å². The molecule has 27 heavy (non-hydrogen) atoms. The Bertz CT molecular complexity index is 902. The fourth-order valence-electron chi connectivity index (χ4n) is 2.88. The first-order valence-electron chi connectivity index (χ1n) is 8.71. The van der Waals surface area contributed by atoms with Gasteiger partial charge in [-0.05, 0) is 55.2 Å². The summed E-state index contributed by atoms with van der Waals surface area (Å²) in [6.07, 6.45) is 3.48. The Hall–Kier alpha value is -1.31. The summed E-state index contributed by atoms with van der Waals surface area (Å²) in [5, 5.41) is 10.7. The van der Waals surface area contributed by atoms with Crippen LogP contribution in [0.5, 0.6) is 0 Å². The minimum Gasteiger partial charge on any atom is -0.393 e. The van der Waals surface area contributed by atoms with Crippen LogP contribution in [0.3, 0.4) is 0 Å². The minimum atomic E-state index is -0.379. The number of aliphatic hydroxyl groups is 1. The van der Waals surface area contributed by atoms with Gasteiger partial charge in [-0.25, -0.2) is 4.98 Å². The molecule has 1 heterocycles. The van der Waals surface area contributed by atoms with Gasteiger partial charge >= 0.3 is 0 Å². The van der Waals surface area contributed by atoms with Crippen molar-refractivity contribution in [2.24, 2.45) is 0 Å². The quantitative estimate of drug-likeness (QED) is 0.342. The van der Waals surface area contributed by atoms with Crippen molar-refractivity contribution in [1.29, 1.82) is 0 Å². The number of hydrogen-bond donors (Lipinski definition) is 4. The number of aliphatic hydroxyl groups excluding tert-OH is 1. The van der Waals surface area contributed by atoms with Crippen molar-refractivity contribution in [2.45, 2.75) is 25.4 Å². The monoisotopic (exact) mass is 465 g/mol. The van der Waals surface area contributed by atoms with Crippen molar-refractivity contribution in [1.82, 2.24) is 14.7 Å². The van der Waals surface area contributed by atoms with Gasteiger partial charge in [0.05, 0.1) is 18.0 Å². The lowest BCUT2D eigenvalue weighted by Gasteiger charge is -2.11. The number of thiol groups is 1. The number of aromatic amines is 1. The lowest BCUT2D eigenvalue weighted by atomic mass is 10.0. The van der Waals surface area contributed by atoms with Crippen LogP contribution >= 0.6 is 40.3 Å². The lowest BCUT2D eigenvalue weighted by Crippen LogP contribution is -2.14. The van der Waals surface area contributed by atoms with Crippen LogP contribution in [0.2, 0.25) is 5.02 Å². The Balaban J connectivity index is 1.76. The molecule has 142 valence electrons. The number of halogens is 2. The molecule has 0 bridgehead atoms. The molecule has 0 saturated heterocycles. The Labute approximate surface area is 178 Å². The number of nitrogens with one attached hydrogen (secondary N) is 2. The number of H-pyrrole nitrogens is 1. The Morgan fingerprint density at radius 3 is 2.81 bits per heavy atom. The van der Waals surface area contributed by atoms with Gasteiger partial charge < -0.3 is 10.1 Å². The molecule has 0 amide bonds. The van der Waals surface area contributed by atoms with E-state index in [1.165, 1.54) is 0 Å². The molecule has 0 fully saturated rings. The van der Waals surface area contributed by atoms with Gasteiger partial charge in [0.25, 0.3) is 0 Å². The number of aromatic nitrogens is 2. The number of rotatable bonds is 8. The highest BCUT2D eigenvalue weighted by Gasteiger charge is 2.11. The van der Waals surface area contributed by atoms with Gasteiger partial charge in [0.2, 0.25) is 0 Å². The molecule has 0 saturated carbocycles. The second-order valence-corrected chi connectivity index (χ2v) is 7.99. The van der Waals surface area contributed by atoms with Crippen LogP contribution in [0.25, 0.3) is 22.6 Å². The molecule has 7 heteroatoms. The second-order valence-electron chi connectivity index (χ2n) is 6.35. The first-order chi connectivity index (χ1) is 13.1. The molecule has 3 aromatic rings. The molecular weight excluding hydrogens is 446 g/mol. The molecule has 2 aromatic carbocycles. The van der Waals surface area contributed by atoms with Gasteiger partial charge in [-0.15, -0.1) is 0 Å². The van der Waals surface area contributed by atoms with Crippen molar-refractivity contribution < 1.29 is 5.11 Å². The van der Waals surface area contributed by atoms with E-state index < -0.39 is 0 Å². The molecule has 0 aliphatic rings. The van der Waals surface area contributed by atoms with Crippen LogP contribution in [0.15, 0.2) is 53.1 Å². The zero-order valence-corrected chi connectivity index (χ0v) is 17.9. The average molecular weight is 467 g/mol. The highest BCUT2D eigenvalue weighted by Crippen LogP contribution is 2.28. The van der Waals surface area contributed by atoms with Gasteiger partial charge in [0, 0.05) is 27.2 Å². The number of imidazole rings is 1. The predicted molar refractivity (Wildman–Crippen MR) is 118 cm³/mol. The molecule has 0 spiro atoms. The highest BCUT2D eigenvalue weighted by molar-refractivity contribution is 9.10. The minimum absolute atomic E-state index is 0.379. The van der Waals surface area contributed by atoms with E-state index in [1.807, 2.05) is 48.7 Å².